The van der Waals surface area contributed by atoms with Crippen LogP contribution in [0.15, 0.2) is 48.5 Å². The third-order valence-corrected chi connectivity index (χ3v) is 8.25. The van der Waals surface area contributed by atoms with Gasteiger partial charge in [-0.1, -0.05) is 23.2 Å². The van der Waals surface area contributed by atoms with Crippen molar-refractivity contribution in [2.75, 3.05) is 5.88 Å². The highest BCUT2D eigenvalue weighted by Crippen LogP contribution is 2.56. The molecule has 5 rings (SSSR count). The number of nitrogens with zero attached hydrogens (tertiary/aromatic N) is 2. The van der Waals surface area contributed by atoms with E-state index in [2.05, 4.69) is 0 Å². The highest BCUT2D eigenvalue weighted by molar-refractivity contribution is 6.31. The number of hydrogen-bond acceptors (Lipinski definition) is 4. The van der Waals surface area contributed by atoms with Crippen LogP contribution in [0, 0.1) is 23.7 Å². The Labute approximate surface area is 218 Å². The molecule has 9 heteroatoms. The van der Waals surface area contributed by atoms with Crippen molar-refractivity contribution < 1.29 is 19.2 Å². The molecule has 2 aromatic carbocycles. The Balaban J connectivity index is 1.58. The molecule has 1 saturated heterocycles. The van der Waals surface area contributed by atoms with Crippen LogP contribution < -0.4 is 0 Å². The zero-order valence-corrected chi connectivity index (χ0v) is 21.0. The molecule has 2 aliphatic carbocycles. The van der Waals surface area contributed by atoms with Crippen molar-refractivity contribution in [1.82, 2.24) is 10.0 Å². The Bertz CT molecular complexity index is 1160. The number of benzene rings is 2. The second-order valence-corrected chi connectivity index (χ2v) is 10.6. The van der Waals surface area contributed by atoms with Crippen LogP contribution in [-0.2, 0) is 9.59 Å². The number of alkyl halides is 1. The minimum absolute atomic E-state index is 0.0444. The Kier molecular flexibility index (Phi) is 6.64. The summed E-state index contributed by atoms with van der Waals surface area (Å²) in [5.74, 6) is -2.43. The van der Waals surface area contributed by atoms with Crippen LogP contribution in [0.1, 0.15) is 46.4 Å². The highest BCUT2D eigenvalue weighted by atomic mass is 35.5. The standard InChI is InChI=1S/C26H23Cl3N2O4/c27-12-11-20(23(32)14-3-7-18(28)8-4-14)30(24(33)15-5-9-19(29)10-6-15)31-25(34)21-16-1-2-17(13-16)22(21)26(31)35/h3-10,16-17,20-22H,1-2,11-13H2/t16-,17-,20-,21-,22+/m0/s1. The van der Waals surface area contributed by atoms with Gasteiger partial charge in [0.25, 0.3) is 17.7 Å². The normalized spacial score (nSPS) is 25.6. The number of carbonyl (C=O) groups is 4. The minimum Gasteiger partial charge on any atom is -0.292 e. The average Bonchev–Trinajstić information content (AvgIpc) is 3.54. The fourth-order valence-electron chi connectivity index (χ4n) is 5.98. The largest absolute Gasteiger partial charge is 0.292 e. The van der Waals surface area contributed by atoms with Crippen LogP contribution in [0.25, 0.3) is 0 Å². The molecule has 0 spiro atoms. The minimum atomic E-state index is -1.15. The number of ketones is 1. The first-order valence-electron chi connectivity index (χ1n) is 11.6. The zero-order valence-electron chi connectivity index (χ0n) is 18.7. The van der Waals surface area contributed by atoms with Crippen molar-refractivity contribution in [3.8, 4) is 0 Å². The lowest BCUT2D eigenvalue weighted by Crippen LogP contribution is -2.58. The van der Waals surface area contributed by atoms with Gasteiger partial charge in [-0.15, -0.1) is 11.6 Å². The molecule has 182 valence electrons. The van der Waals surface area contributed by atoms with Crippen LogP contribution in [0.5, 0.6) is 0 Å². The zero-order chi connectivity index (χ0) is 24.9. The van der Waals surface area contributed by atoms with Crippen molar-refractivity contribution in [3.05, 3.63) is 69.7 Å². The van der Waals surface area contributed by atoms with Gasteiger partial charge in [0.05, 0.1) is 11.8 Å². The Morgan fingerprint density at radius 2 is 1.34 bits per heavy atom. The molecule has 0 N–H and O–H groups in total. The molecule has 2 bridgehead atoms. The molecule has 6 nitrogen and oxygen atoms in total. The Morgan fingerprint density at radius 1 is 0.857 bits per heavy atom. The molecule has 2 aromatic rings. The highest BCUT2D eigenvalue weighted by Gasteiger charge is 2.63. The van der Waals surface area contributed by atoms with Gasteiger partial charge in [-0.05, 0) is 86.1 Å². The third-order valence-electron chi connectivity index (χ3n) is 7.53. The van der Waals surface area contributed by atoms with E-state index in [1.165, 1.54) is 12.1 Å². The van der Waals surface area contributed by atoms with E-state index < -0.39 is 41.4 Å². The number of Topliss-reactive ketones (excluding diaryl/α,β-unsaturated/α-hetero) is 1. The Hall–Kier alpha value is -2.41. The monoisotopic (exact) mass is 532 g/mol. The molecular weight excluding hydrogens is 511 g/mol. The number of fused-ring (bicyclic) bond motifs is 5. The van der Waals surface area contributed by atoms with Gasteiger partial charge in [-0.2, -0.15) is 5.01 Å². The van der Waals surface area contributed by atoms with Crippen molar-refractivity contribution in [1.29, 1.82) is 0 Å². The second-order valence-electron chi connectivity index (χ2n) is 9.39. The fourth-order valence-corrected chi connectivity index (χ4v) is 6.43. The lowest BCUT2D eigenvalue weighted by atomic mass is 9.81. The third kappa shape index (κ3) is 4.15. The van der Waals surface area contributed by atoms with E-state index >= 15 is 0 Å². The van der Waals surface area contributed by atoms with E-state index in [9.17, 15) is 19.2 Å². The van der Waals surface area contributed by atoms with Gasteiger partial charge in [0.1, 0.15) is 6.04 Å². The molecule has 1 aliphatic heterocycles. The predicted molar refractivity (Wildman–Crippen MR) is 132 cm³/mol. The second kappa shape index (κ2) is 9.57. The first kappa shape index (κ1) is 24.3. The smallest absolute Gasteiger partial charge is 0.273 e. The predicted octanol–water partition coefficient (Wildman–Crippen LogP) is 5.26. The topological polar surface area (TPSA) is 74.8 Å². The fraction of sp³-hybridized carbons (Fsp3) is 0.385. The first-order valence-corrected chi connectivity index (χ1v) is 12.9. The Morgan fingerprint density at radius 3 is 1.83 bits per heavy atom. The van der Waals surface area contributed by atoms with Gasteiger partial charge in [0, 0.05) is 27.1 Å². The lowest BCUT2D eigenvalue weighted by Gasteiger charge is -2.36. The number of hydrogen-bond donors (Lipinski definition) is 0. The van der Waals surface area contributed by atoms with Gasteiger partial charge in [0.15, 0.2) is 5.78 Å². The summed E-state index contributed by atoms with van der Waals surface area (Å²) in [6.07, 6.45) is 2.72. The van der Waals surface area contributed by atoms with Gasteiger partial charge in [-0.3, -0.25) is 19.2 Å². The van der Waals surface area contributed by atoms with Gasteiger partial charge in [-0.25, -0.2) is 5.01 Å². The molecule has 0 unspecified atom stereocenters. The molecule has 3 aliphatic rings. The summed E-state index contributed by atoms with van der Waals surface area (Å²) in [7, 11) is 0. The summed E-state index contributed by atoms with van der Waals surface area (Å²) in [6, 6.07) is 11.2. The number of imide groups is 1. The van der Waals surface area contributed by atoms with Crippen molar-refractivity contribution >= 4 is 58.3 Å². The summed E-state index contributed by atoms with van der Waals surface area (Å²) in [5, 5.41) is 2.88. The molecule has 0 aromatic heterocycles. The lowest BCUT2D eigenvalue weighted by molar-refractivity contribution is -0.157. The van der Waals surface area contributed by atoms with Crippen LogP contribution in [0.2, 0.25) is 10.0 Å². The van der Waals surface area contributed by atoms with Gasteiger partial charge in [0.2, 0.25) is 0 Å². The van der Waals surface area contributed by atoms with E-state index in [0.29, 0.717) is 15.6 Å². The number of amides is 3. The quantitative estimate of drug-likeness (QED) is 0.276. The number of halogens is 3. The summed E-state index contributed by atoms with van der Waals surface area (Å²) in [5.41, 5.74) is 0.510. The maximum absolute atomic E-state index is 13.9. The molecule has 1 heterocycles. The molecule has 0 radical (unpaired) electrons. The number of hydrazine groups is 1. The average molecular weight is 534 g/mol. The van der Waals surface area contributed by atoms with E-state index in [0.717, 1.165) is 29.3 Å². The van der Waals surface area contributed by atoms with Gasteiger partial charge < -0.3 is 0 Å². The number of carbonyl (C=O) groups excluding carboxylic acids is 4. The SMILES string of the molecule is O=C(c1ccc(Cl)cc1)[C@H](CCCl)N(C(=O)c1ccc(Cl)cc1)N1C(=O)[C@@H]2[C@H]3CC[C@@H](C3)[C@@H]2C1=O. The first-order chi connectivity index (χ1) is 16.8. The van der Waals surface area contributed by atoms with Crippen molar-refractivity contribution in [3.63, 3.8) is 0 Å². The maximum atomic E-state index is 13.9. The summed E-state index contributed by atoms with van der Waals surface area (Å²) in [6.45, 7) is 0. The van der Waals surface area contributed by atoms with Crippen LogP contribution in [0.4, 0.5) is 0 Å². The molecular formula is C26H23Cl3N2O4. The van der Waals surface area contributed by atoms with Crippen LogP contribution in [0.3, 0.4) is 0 Å². The molecule has 5 atom stereocenters. The molecule has 3 amide bonds. The summed E-state index contributed by atoms with van der Waals surface area (Å²) < 4.78 is 0. The molecule has 35 heavy (non-hydrogen) atoms. The van der Waals surface area contributed by atoms with Crippen LogP contribution in [-0.4, -0.2) is 45.4 Å². The van der Waals surface area contributed by atoms with E-state index in [-0.39, 0.29) is 29.7 Å². The van der Waals surface area contributed by atoms with Gasteiger partial charge >= 0.3 is 0 Å². The van der Waals surface area contributed by atoms with E-state index in [1.807, 2.05) is 0 Å². The maximum Gasteiger partial charge on any atom is 0.273 e. The molecule has 3 fully saturated rings. The summed E-state index contributed by atoms with van der Waals surface area (Å²) in [4.78, 5) is 54.8. The van der Waals surface area contributed by atoms with Crippen LogP contribution >= 0.6 is 34.8 Å². The van der Waals surface area contributed by atoms with E-state index in [4.69, 9.17) is 34.8 Å². The number of rotatable bonds is 7. The van der Waals surface area contributed by atoms with Crippen molar-refractivity contribution in [2.24, 2.45) is 23.7 Å². The van der Waals surface area contributed by atoms with Crippen molar-refractivity contribution in [2.45, 2.75) is 31.7 Å². The molecule has 2 saturated carbocycles. The summed E-state index contributed by atoms with van der Waals surface area (Å²) >= 11 is 18.1. The van der Waals surface area contributed by atoms with E-state index in [1.54, 1.807) is 36.4 Å².